The van der Waals surface area contributed by atoms with E-state index in [-0.39, 0.29) is 0 Å². The average Bonchev–Trinajstić information content (AvgIpc) is 2.32. The van der Waals surface area contributed by atoms with Crippen LogP contribution in [-0.2, 0) is 0 Å². The Hall–Kier alpha value is 0. The molecule has 0 aromatic heterocycles. The Morgan fingerprint density at radius 1 is 0.667 bits per heavy atom. The fourth-order valence-corrected chi connectivity index (χ4v) is 3.60. The Labute approximate surface area is 136 Å². The molecule has 0 aliphatic heterocycles. The Bertz CT molecular complexity index is 298. The van der Waals surface area contributed by atoms with Gasteiger partial charge in [0.05, 0.1) is 0 Å². The van der Waals surface area contributed by atoms with Crippen molar-refractivity contribution in [2.24, 2.45) is 27.6 Å². The van der Waals surface area contributed by atoms with E-state index in [0.29, 0.717) is 21.7 Å². The first kappa shape index (κ1) is 21.0. The molecule has 0 saturated carbocycles. The molecule has 0 saturated heterocycles. The predicted molar refractivity (Wildman–Crippen MR) is 98.7 cm³/mol. The van der Waals surface area contributed by atoms with Crippen LogP contribution in [0, 0.1) is 27.6 Å². The molecule has 0 aromatic rings. The molecule has 1 unspecified atom stereocenters. The van der Waals surface area contributed by atoms with Crippen molar-refractivity contribution in [3.63, 3.8) is 0 Å². The second-order valence-corrected chi connectivity index (χ2v) is 9.97. The van der Waals surface area contributed by atoms with Crippen molar-refractivity contribution < 1.29 is 0 Å². The fraction of sp³-hybridized carbons (Fsp3) is 1.00. The van der Waals surface area contributed by atoms with Crippen LogP contribution in [0.4, 0.5) is 0 Å². The first-order chi connectivity index (χ1) is 9.23. The second kappa shape index (κ2) is 7.05. The SMILES string of the molecule is CCCCCCC(C)C(C)(C)C(C)(C)C(C)(C)C(C)(C)C. The molecule has 0 radical (unpaired) electrons. The van der Waals surface area contributed by atoms with Gasteiger partial charge in [0.25, 0.3) is 0 Å². The van der Waals surface area contributed by atoms with Gasteiger partial charge in [-0.25, -0.2) is 0 Å². The molecular formula is C21H44. The summed E-state index contributed by atoms with van der Waals surface area (Å²) < 4.78 is 0. The number of hydrogen-bond acceptors (Lipinski definition) is 0. The molecule has 1 atom stereocenters. The lowest BCUT2D eigenvalue weighted by Crippen LogP contribution is -2.53. The highest BCUT2D eigenvalue weighted by Crippen LogP contribution is 2.61. The topological polar surface area (TPSA) is 0 Å². The van der Waals surface area contributed by atoms with E-state index in [1.54, 1.807) is 0 Å². The molecule has 21 heavy (non-hydrogen) atoms. The monoisotopic (exact) mass is 296 g/mol. The van der Waals surface area contributed by atoms with Crippen LogP contribution in [0.2, 0.25) is 0 Å². The summed E-state index contributed by atoms with van der Waals surface area (Å²) in [6.07, 6.45) is 6.89. The lowest BCUT2D eigenvalue weighted by molar-refractivity contribution is -0.110. The maximum Gasteiger partial charge on any atom is -0.0244 e. The van der Waals surface area contributed by atoms with Crippen LogP contribution in [0.5, 0.6) is 0 Å². The highest BCUT2D eigenvalue weighted by atomic mass is 14.6. The van der Waals surface area contributed by atoms with Gasteiger partial charge in [-0.15, -0.1) is 0 Å². The first-order valence-corrected chi connectivity index (χ1v) is 9.23. The van der Waals surface area contributed by atoms with Crippen LogP contribution in [0.15, 0.2) is 0 Å². The van der Waals surface area contributed by atoms with Gasteiger partial charge in [-0.3, -0.25) is 0 Å². The third-order valence-electron chi connectivity index (χ3n) is 7.77. The van der Waals surface area contributed by atoms with Crippen LogP contribution >= 0.6 is 0 Å². The van der Waals surface area contributed by atoms with Crippen LogP contribution in [0.25, 0.3) is 0 Å². The van der Waals surface area contributed by atoms with E-state index in [1.807, 2.05) is 0 Å². The summed E-state index contributed by atoms with van der Waals surface area (Å²) in [6, 6.07) is 0. The normalized spacial score (nSPS) is 16.1. The van der Waals surface area contributed by atoms with Crippen molar-refractivity contribution in [1.29, 1.82) is 0 Å². The standard InChI is InChI=1S/C21H44/c1-12-13-14-15-16-17(2)19(6,7)21(10,11)20(8,9)18(3,4)5/h17H,12-16H2,1-11H3. The second-order valence-electron chi connectivity index (χ2n) is 9.97. The minimum Gasteiger partial charge on any atom is -0.0654 e. The molecule has 0 heterocycles. The quantitative estimate of drug-likeness (QED) is 0.402. The molecule has 0 aliphatic carbocycles. The Kier molecular flexibility index (Phi) is 7.05. The molecule has 0 fully saturated rings. The van der Waals surface area contributed by atoms with Gasteiger partial charge in [-0.1, -0.05) is 108 Å². The van der Waals surface area contributed by atoms with Gasteiger partial charge in [0.2, 0.25) is 0 Å². The lowest BCUT2D eigenvalue weighted by atomic mass is 9.45. The van der Waals surface area contributed by atoms with Crippen molar-refractivity contribution >= 4 is 0 Å². The maximum atomic E-state index is 2.50. The summed E-state index contributed by atoms with van der Waals surface area (Å²) >= 11 is 0. The molecule has 0 amide bonds. The highest BCUT2D eigenvalue weighted by Gasteiger charge is 2.54. The van der Waals surface area contributed by atoms with Gasteiger partial charge in [-0.05, 0) is 27.6 Å². The van der Waals surface area contributed by atoms with Crippen LogP contribution in [0.1, 0.15) is 108 Å². The molecule has 0 N–H and O–H groups in total. The van der Waals surface area contributed by atoms with E-state index in [9.17, 15) is 0 Å². The van der Waals surface area contributed by atoms with Gasteiger partial charge in [0.15, 0.2) is 0 Å². The third-order valence-corrected chi connectivity index (χ3v) is 7.77. The molecule has 128 valence electrons. The summed E-state index contributed by atoms with van der Waals surface area (Å²) in [4.78, 5) is 0. The highest BCUT2D eigenvalue weighted by molar-refractivity contribution is 5.02. The van der Waals surface area contributed by atoms with Crippen LogP contribution in [0.3, 0.4) is 0 Å². The molecule has 0 aliphatic rings. The molecule has 0 bridgehead atoms. The number of hydrogen-bond donors (Lipinski definition) is 0. The zero-order valence-corrected chi connectivity index (χ0v) is 17.1. The predicted octanol–water partition coefficient (Wildman–Crippen LogP) is 7.72. The zero-order valence-electron chi connectivity index (χ0n) is 17.1. The minimum atomic E-state index is 0.293. The van der Waals surface area contributed by atoms with Gasteiger partial charge in [0.1, 0.15) is 0 Å². The summed E-state index contributed by atoms with van der Waals surface area (Å²) in [5.41, 5.74) is 1.25. The number of rotatable bonds is 8. The van der Waals surface area contributed by atoms with Crippen molar-refractivity contribution in [2.75, 3.05) is 0 Å². The van der Waals surface area contributed by atoms with E-state index >= 15 is 0 Å². The van der Waals surface area contributed by atoms with Crippen LogP contribution in [-0.4, -0.2) is 0 Å². The van der Waals surface area contributed by atoms with E-state index in [2.05, 4.69) is 76.2 Å². The number of unbranched alkanes of at least 4 members (excludes halogenated alkanes) is 3. The van der Waals surface area contributed by atoms with Crippen LogP contribution < -0.4 is 0 Å². The van der Waals surface area contributed by atoms with Gasteiger partial charge >= 0.3 is 0 Å². The van der Waals surface area contributed by atoms with E-state index in [0.717, 1.165) is 5.92 Å². The summed E-state index contributed by atoms with van der Waals surface area (Å²) in [5.74, 6) is 0.769. The van der Waals surface area contributed by atoms with Crippen molar-refractivity contribution in [2.45, 2.75) is 108 Å². The molecule has 0 spiro atoms. The lowest BCUT2D eigenvalue weighted by Gasteiger charge is -2.60. The van der Waals surface area contributed by atoms with Crippen molar-refractivity contribution in [3.8, 4) is 0 Å². The van der Waals surface area contributed by atoms with Gasteiger partial charge < -0.3 is 0 Å². The summed E-state index contributed by atoms with van der Waals surface area (Å²) in [5, 5.41) is 0. The minimum absolute atomic E-state index is 0.293. The summed E-state index contributed by atoms with van der Waals surface area (Å²) in [7, 11) is 0. The Morgan fingerprint density at radius 2 is 1.14 bits per heavy atom. The molecule has 0 aromatic carbocycles. The molecule has 0 heteroatoms. The van der Waals surface area contributed by atoms with E-state index < -0.39 is 0 Å². The summed E-state index contributed by atoms with van der Waals surface area (Å²) in [6.45, 7) is 26.9. The first-order valence-electron chi connectivity index (χ1n) is 9.23. The van der Waals surface area contributed by atoms with Gasteiger partial charge in [0, 0.05) is 0 Å². The molecule has 0 rings (SSSR count). The molecular weight excluding hydrogens is 252 g/mol. The van der Waals surface area contributed by atoms with Crippen molar-refractivity contribution in [1.82, 2.24) is 0 Å². The third kappa shape index (κ3) is 4.26. The largest absolute Gasteiger partial charge is 0.0654 e. The van der Waals surface area contributed by atoms with E-state index in [4.69, 9.17) is 0 Å². The van der Waals surface area contributed by atoms with Crippen molar-refractivity contribution in [3.05, 3.63) is 0 Å². The fourth-order valence-electron chi connectivity index (χ4n) is 3.60. The smallest absolute Gasteiger partial charge is 0.0244 e. The zero-order chi connectivity index (χ0) is 17.1. The molecule has 0 nitrogen and oxygen atoms in total. The van der Waals surface area contributed by atoms with Gasteiger partial charge in [-0.2, -0.15) is 0 Å². The Morgan fingerprint density at radius 3 is 1.52 bits per heavy atom. The maximum absolute atomic E-state index is 2.50. The Balaban J connectivity index is 5.10. The average molecular weight is 297 g/mol. The van der Waals surface area contributed by atoms with E-state index in [1.165, 1.54) is 32.1 Å².